The van der Waals surface area contributed by atoms with E-state index in [1.807, 2.05) is 18.2 Å². The van der Waals surface area contributed by atoms with Crippen molar-refractivity contribution < 1.29 is 18.3 Å². The van der Waals surface area contributed by atoms with Crippen molar-refractivity contribution in [3.8, 4) is 5.75 Å². The largest absolute Gasteiger partial charge is 0.484 e. The molecule has 0 aliphatic heterocycles. The lowest BCUT2D eigenvalue weighted by molar-refractivity contribution is -0.123. The van der Waals surface area contributed by atoms with Crippen LogP contribution in [0.25, 0.3) is 11.1 Å². The molecule has 0 unspecified atom stereocenters. The number of amides is 1. The van der Waals surface area contributed by atoms with Gasteiger partial charge in [-0.25, -0.2) is 9.37 Å². The van der Waals surface area contributed by atoms with Crippen LogP contribution in [0.1, 0.15) is 5.89 Å². The van der Waals surface area contributed by atoms with Gasteiger partial charge in [-0.1, -0.05) is 18.2 Å². The van der Waals surface area contributed by atoms with Crippen LogP contribution in [0.4, 0.5) is 4.39 Å². The standard InChI is InChI=1S/C16H13FN2O3/c17-11-4-3-5-12(8-11)21-10-15(20)18-9-16-19-13-6-1-2-7-14(13)22-16/h1-8H,9-10H2,(H,18,20). The Morgan fingerprint density at radius 3 is 2.91 bits per heavy atom. The monoisotopic (exact) mass is 300 g/mol. The number of benzene rings is 2. The lowest BCUT2D eigenvalue weighted by Gasteiger charge is -2.06. The Morgan fingerprint density at radius 1 is 1.23 bits per heavy atom. The van der Waals surface area contributed by atoms with Crippen molar-refractivity contribution in [3.63, 3.8) is 0 Å². The molecule has 5 nitrogen and oxygen atoms in total. The van der Waals surface area contributed by atoms with Crippen molar-refractivity contribution >= 4 is 17.0 Å². The minimum Gasteiger partial charge on any atom is -0.484 e. The van der Waals surface area contributed by atoms with E-state index in [-0.39, 0.29) is 19.1 Å². The summed E-state index contributed by atoms with van der Waals surface area (Å²) in [5.74, 6) is -0.0341. The molecule has 0 spiro atoms. The zero-order chi connectivity index (χ0) is 15.4. The molecule has 0 bridgehead atoms. The first-order valence-corrected chi connectivity index (χ1v) is 6.70. The highest BCUT2D eigenvalue weighted by molar-refractivity contribution is 5.77. The molecule has 0 saturated heterocycles. The first-order valence-electron chi connectivity index (χ1n) is 6.70. The third kappa shape index (κ3) is 3.41. The van der Waals surface area contributed by atoms with Crippen LogP contribution in [0, 0.1) is 5.82 Å². The number of carbonyl (C=O) groups excluding carboxylic acids is 1. The molecule has 6 heteroatoms. The van der Waals surface area contributed by atoms with Crippen molar-refractivity contribution in [2.75, 3.05) is 6.61 Å². The van der Waals surface area contributed by atoms with E-state index in [0.29, 0.717) is 17.2 Å². The summed E-state index contributed by atoms with van der Waals surface area (Å²) in [5.41, 5.74) is 1.41. The molecule has 22 heavy (non-hydrogen) atoms. The molecule has 1 amide bonds. The number of ether oxygens (including phenoxy) is 1. The summed E-state index contributed by atoms with van der Waals surface area (Å²) >= 11 is 0. The summed E-state index contributed by atoms with van der Waals surface area (Å²) in [6.07, 6.45) is 0. The van der Waals surface area contributed by atoms with Gasteiger partial charge in [-0.3, -0.25) is 4.79 Å². The van der Waals surface area contributed by atoms with Gasteiger partial charge in [-0.2, -0.15) is 0 Å². The molecule has 1 heterocycles. The molecule has 3 aromatic rings. The lowest BCUT2D eigenvalue weighted by atomic mass is 10.3. The van der Waals surface area contributed by atoms with E-state index < -0.39 is 5.82 Å². The number of carbonyl (C=O) groups is 1. The van der Waals surface area contributed by atoms with Gasteiger partial charge < -0.3 is 14.5 Å². The average Bonchev–Trinajstić information content (AvgIpc) is 2.94. The van der Waals surface area contributed by atoms with E-state index in [0.717, 1.165) is 5.52 Å². The highest BCUT2D eigenvalue weighted by Gasteiger charge is 2.08. The van der Waals surface area contributed by atoms with Crippen LogP contribution < -0.4 is 10.1 Å². The Kier molecular flexibility index (Phi) is 4.00. The quantitative estimate of drug-likeness (QED) is 0.787. The molecule has 1 aromatic heterocycles. The first-order chi connectivity index (χ1) is 10.7. The van der Waals surface area contributed by atoms with Crippen LogP contribution in [0.2, 0.25) is 0 Å². The first kappa shape index (κ1) is 14.1. The van der Waals surface area contributed by atoms with E-state index in [2.05, 4.69) is 10.3 Å². The molecule has 0 aliphatic rings. The Morgan fingerprint density at radius 2 is 2.09 bits per heavy atom. The smallest absolute Gasteiger partial charge is 0.258 e. The zero-order valence-electron chi connectivity index (χ0n) is 11.6. The van der Waals surface area contributed by atoms with Gasteiger partial charge in [0, 0.05) is 6.07 Å². The summed E-state index contributed by atoms with van der Waals surface area (Å²) in [5, 5.41) is 2.63. The molecule has 0 saturated carbocycles. The molecule has 0 atom stereocenters. The van der Waals surface area contributed by atoms with Gasteiger partial charge in [-0.15, -0.1) is 0 Å². The predicted octanol–water partition coefficient (Wildman–Crippen LogP) is 2.66. The third-order valence-electron chi connectivity index (χ3n) is 2.94. The van der Waals surface area contributed by atoms with Crippen LogP contribution in [-0.2, 0) is 11.3 Å². The fourth-order valence-corrected chi connectivity index (χ4v) is 1.93. The van der Waals surface area contributed by atoms with Crippen molar-refractivity contribution in [2.24, 2.45) is 0 Å². The Hall–Kier alpha value is -2.89. The molecular weight excluding hydrogens is 287 g/mol. The highest BCUT2D eigenvalue weighted by atomic mass is 19.1. The number of para-hydroxylation sites is 2. The molecule has 0 radical (unpaired) electrons. The molecule has 1 N–H and O–H groups in total. The molecule has 0 aliphatic carbocycles. The summed E-state index contributed by atoms with van der Waals surface area (Å²) < 4.78 is 23.6. The summed E-state index contributed by atoms with van der Waals surface area (Å²) in [6.45, 7) is -0.0380. The number of rotatable bonds is 5. The van der Waals surface area contributed by atoms with Crippen molar-refractivity contribution in [1.82, 2.24) is 10.3 Å². The number of oxazole rings is 1. The van der Waals surface area contributed by atoms with E-state index in [1.165, 1.54) is 18.2 Å². The second kappa shape index (κ2) is 6.26. The number of nitrogens with one attached hydrogen (secondary N) is 1. The molecule has 3 rings (SSSR count). The van der Waals surface area contributed by atoms with E-state index >= 15 is 0 Å². The van der Waals surface area contributed by atoms with Crippen LogP contribution in [0.3, 0.4) is 0 Å². The van der Waals surface area contributed by atoms with Gasteiger partial charge >= 0.3 is 0 Å². The van der Waals surface area contributed by atoms with E-state index in [9.17, 15) is 9.18 Å². The highest BCUT2D eigenvalue weighted by Crippen LogP contribution is 2.14. The van der Waals surface area contributed by atoms with Crippen LogP contribution in [0.15, 0.2) is 52.9 Å². The number of aromatic nitrogens is 1. The summed E-state index contributed by atoms with van der Waals surface area (Å²) in [6, 6.07) is 13.0. The Bertz CT molecular complexity index is 768. The van der Waals surface area contributed by atoms with Crippen LogP contribution in [-0.4, -0.2) is 17.5 Å². The van der Waals surface area contributed by atoms with Crippen LogP contribution in [0.5, 0.6) is 5.75 Å². The maximum absolute atomic E-state index is 13.0. The summed E-state index contributed by atoms with van der Waals surface area (Å²) in [4.78, 5) is 15.9. The zero-order valence-corrected chi connectivity index (χ0v) is 11.6. The van der Waals surface area contributed by atoms with Gasteiger partial charge in [0.1, 0.15) is 17.1 Å². The average molecular weight is 300 g/mol. The molecule has 0 fully saturated rings. The fourth-order valence-electron chi connectivity index (χ4n) is 1.93. The van der Waals surface area contributed by atoms with Crippen molar-refractivity contribution in [1.29, 1.82) is 0 Å². The Labute approximate surface area is 125 Å². The Balaban J connectivity index is 1.51. The fraction of sp³-hybridized carbons (Fsp3) is 0.125. The SMILES string of the molecule is O=C(COc1cccc(F)c1)NCc1nc2ccccc2o1. The van der Waals surface area contributed by atoms with Gasteiger partial charge in [0.15, 0.2) is 12.2 Å². The number of nitrogens with zero attached hydrogens (tertiary/aromatic N) is 1. The minimum atomic E-state index is -0.413. The topological polar surface area (TPSA) is 64.4 Å². The number of hydrogen-bond acceptors (Lipinski definition) is 4. The maximum Gasteiger partial charge on any atom is 0.258 e. The molecular formula is C16H13FN2O3. The molecule has 112 valence electrons. The summed E-state index contributed by atoms with van der Waals surface area (Å²) in [7, 11) is 0. The van der Waals surface area contributed by atoms with Crippen molar-refractivity contribution in [2.45, 2.75) is 6.54 Å². The number of fused-ring (bicyclic) bond motifs is 1. The van der Waals surface area contributed by atoms with E-state index in [1.54, 1.807) is 12.1 Å². The van der Waals surface area contributed by atoms with Gasteiger partial charge in [0.25, 0.3) is 5.91 Å². The van der Waals surface area contributed by atoms with E-state index in [4.69, 9.17) is 9.15 Å². The molecule has 2 aromatic carbocycles. The van der Waals surface area contributed by atoms with Gasteiger partial charge in [0.05, 0.1) is 6.54 Å². The minimum absolute atomic E-state index is 0.167. The normalized spacial score (nSPS) is 10.6. The third-order valence-corrected chi connectivity index (χ3v) is 2.94. The number of hydrogen-bond donors (Lipinski definition) is 1. The lowest BCUT2D eigenvalue weighted by Crippen LogP contribution is -2.28. The maximum atomic E-state index is 13.0. The van der Waals surface area contributed by atoms with Gasteiger partial charge in [0.2, 0.25) is 5.89 Å². The predicted molar refractivity (Wildman–Crippen MR) is 77.8 cm³/mol. The van der Waals surface area contributed by atoms with Crippen molar-refractivity contribution in [3.05, 3.63) is 60.2 Å². The van der Waals surface area contributed by atoms with Crippen LogP contribution >= 0.6 is 0 Å². The second-order valence-electron chi connectivity index (χ2n) is 4.60. The number of halogens is 1. The van der Waals surface area contributed by atoms with Gasteiger partial charge in [-0.05, 0) is 24.3 Å². The second-order valence-corrected chi connectivity index (χ2v) is 4.60.